The van der Waals surface area contributed by atoms with Crippen molar-refractivity contribution in [1.29, 1.82) is 0 Å². The number of aliphatic carboxylic acids is 1. The summed E-state index contributed by atoms with van der Waals surface area (Å²) in [6.07, 6.45) is 4.39. The summed E-state index contributed by atoms with van der Waals surface area (Å²) in [5.41, 5.74) is -0.197. The molecule has 0 aromatic heterocycles. The lowest BCUT2D eigenvalue weighted by Crippen LogP contribution is -2.04. The molecule has 0 radical (unpaired) electrons. The number of carboxylic acids is 1. The molecular formula is C8H8O4. The molecule has 1 rings (SSSR count). The average Bonchev–Trinajstić information content (AvgIpc) is 2.15. The molecule has 0 aliphatic heterocycles. The summed E-state index contributed by atoms with van der Waals surface area (Å²) in [7, 11) is 0. The highest BCUT2D eigenvalue weighted by Gasteiger charge is 2.16. The Hall–Kier alpha value is -1.71. The van der Waals surface area contributed by atoms with Gasteiger partial charge in [0.1, 0.15) is 0 Å². The van der Waals surface area contributed by atoms with Crippen LogP contribution in [0.4, 0.5) is 0 Å². The topological polar surface area (TPSA) is 77.8 Å². The number of carboxylic acid groups (broad SMARTS) is 1. The maximum absolute atomic E-state index is 10.5. The third-order valence-corrected chi connectivity index (χ3v) is 1.50. The summed E-state index contributed by atoms with van der Waals surface area (Å²) in [5, 5.41) is 26.7. The van der Waals surface area contributed by atoms with E-state index in [1.165, 1.54) is 12.2 Å². The van der Waals surface area contributed by atoms with E-state index in [-0.39, 0.29) is 12.0 Å². The van der Waals surface area contributed by atoms with Crippen molar-refractivity contribution >= 4 is 5.97 Å². The second kappa shape index (κ2) is 3.13. The quantitative estimate of drug-likeness (QED) is 0.551. The van der Waals surface area contributed by atoms with Crippen molar-refractivity contribution in [2.45, 2.75) is 6.42 Å². The molecule has 1 aliphatic rings. The zero-order valence-electron chi connectivity index (χ0n) is 6.19. The molecule has 3 N–H and O–H groups in total. The van der Waals surface area contributed by atoms with Gasteiger partial charge in [0, 0.05) is 6.42 Å². The summed E-state index contributed by atoms with van der Waals surface area (Å²) in [5.74, 6) is -2.20. The van der Waals surface area contributed by atoms with Crippen LogP contribution in [0.5, 0.6) is 0 Å². The van der Waals surface area contributed by atoms with Crippen molar-refractivity contribution in [3.63, 3.8) is 0 Å². The monoisotopic (exact) mass is 168 g/mol. The van der Waals surface area contributed by atoms with E-state index < -0.39 is 17.5 Å². The van der Waals surface area contributed by atoms with Gasteiger partial charge in [0.25, 0.3) is 0 Å². The molecule has 4 nitrogen and oxygen atoms in total. The third kappa shape index (κ3) is 1.47. The SMILES string of the molecule is O=C(O)C1=C(O)C(O)=CC=CC1. The van der Waals surface area contributed by atoms with Gasteiger partial charge in [-0.2, -0.15) is 0 Å². The Bertz CT molecular complexity index is 296. The Morgan fingerprint density at radius 2 is 2.08 bits per heavy atom. The average molecular weight is 168 g/mol. The molecule has 0 atom stereocenters. The van der Waals surface area contributed by atoms with E-state index in [1.54, 1.807) is 6.08 Å². The van der Waals surface area contributed by atoms with Gasteiger partial charge in [-0.15, -0.1) is 0 Å². The highest BCUT2D eigenvalue weighted by Crippen LogP contribution is 2.16. The van der Waals surface area contributed by atoms with Crippen LogP contribution < -0.4 is 0 Å². The van der Waals surface area contributed by atoms with Gasteiger partial charge in [-0.25, -0.2) is 4.79 Å². The highest BCUT2D eigenvalue weighted by atomic mass is 16.4. The van der Waals surface area contributed by atoms with E-state index >= 15 is 0 Å². The fourth-order valence-electron chi connectivity index (χ4n) is 0.864. The summed E-state index contributed by atoms with van der Waals surface area (Å²) >= 11 is 0. The number of allylic oxidation sites excluding steroid dienone is 3. The van der Waals surface area contributed by atoms with E-state index in [0.717, 1.165) is 0 Å². The Labute approximate surface area is 68.8 Å². The number of hydrogen-bond donors (Lipinski definition) is 3. The molecule has 4 heteroatoms. The fourth-order valence-corrected chi connectivity index (χ4v) is 0.864. The molecule has 0 spiro atoms. The van der Waals surface area contributed by atoms with Gasteiger partial charge in [-0.3, -0.25) is 0 Å². The predicted octanol–water partition coefficient (Wildman–Crippen LogP) is 1.28. The molecule has 0 heterocycles. The minimum atomic E-state index is -1.22. The van der Waals surface area contributed by atoms with Crippen molar-refractivity contribution < 1.29 is 20.1 Å². The summed E-state index contributed by atoms with van der Waals surface area (Å²) < 4.78 is 0. The lowest BCUT2D eigenvalue weighted by Gasteiger charge is -2.01. The van der Waals surface area contributed by atoms with E-state index in [1.807, 2.05) is 0 Å². The molecule has 64 valence electrons. The minimum Gasteiger partial charge on any atom is -0.504 e. The molecule has 0 bridgehead atoms. The second-order valence-electron chi connectivity index (χ2n) is 2.32. The number of hydrogen-bond acceptors (Lipinski definition) is 3. The molecule has 0 fully saturated rings. The fraction of sp³-hybridized carbons (Fsp3) is 0.125. The first-order chi connectivity index (χ1) is 5.63. The van der Waals surface area contributed by atoms with Crippen LogP contribution in [0.1, 0.15) is 6.42 Å². The number of rotatable bonds is 1. The first-order valence-corrected chi connectivity index (χ1v) is 3.34. The highest BCUT2D eigenvalue weighted by molar-refractivity contribution is 5.88. The Morgan fingerprint density at radius 1 is 1.42 bits per heavy atom. The van der Waals surface area contributed by atoms with Gasteiger partial charge < -0.3 is 15.3 Å². The van der Waals surface area contributed by atoms with Gasteiger partial charge in [-0.05, 0) is 6.08 Å². The van der Waals surface area contributed by atoms with E-state index in [4.69, 9.17) is 15.3 Å². The first-order valence-electron chi connectivity index (χ1n) is 3.34. The molecule has 0 amide bonds. The smallest absolute Gasteiger partial charge is 0.335 e. The maximum Gasteiger partial charge on any atom is 0.335 e. The van der Waals surface area contributed by atoms with Crippen LogP contribution in [-0.4, -0.2) is 21.3 Å². The third-order valence-electron chi connectivity index (χ3n) is 1.50. The van der Waals surface area contributed by atoms with Crippen LogP contribution >= 0.6 is 0 Å². The standard InChI is InChI=1S/C8H8O4/c9-6-4-2-1-3-5(7(6)10)8(11)12/h1-2,4,9-10H,3H2,(H,11,12). The molecule has 0 saturated heterocycles. The van der Waals surface area contributed by atoms with E-state index in [2.05, 4.69) is 0 Å². The van der Waals surface area contributed by atoms with Crippen molar-refractivity contribution in [1.82, 2.24) is 0 Å². The summed E-state index contributed by atoms with van der Waals surface area (Å²) in [6, 6.07) is 0. The summed E-state index contributed by atoms with van der Waals surface area (Å²) in [6.45, 7) is 0. The molecule has 1 aliphatic carbocycles. The largest absolute Gasteiger partial charge is 0.504 e. The normalized spacial score (nSPS) is 17.2. The molecule has 12 heavy (non-hydrogen) atoms. The van der Waals surface area contributed by atoms with Crippen LogP contribution in [-0.2, 0) is 4.79 Å². The van der Waals surface area contributed by atoms with Gasteiger partial charge >= 0.3 is 5.97 Å². The molecule has 0 saturated carbocycles. The molecule has 0 unspecified atom stereocenters. The van der Waals surface area contributed by atoms with Crippen molar-refractivity contribution in [3.05, 3.63) is 35.3 Å². The molecule has 0 aromatic carbocycles. The summed E-state index contributed by atoms with van der Waals surface area (Å²) in [4.78, 5) is 10.5. The molecular weight excluding hydrogens is 160 g/mol. The van der Waals surface area contributed by atoms with Crippen LogP contribution in [0, 0.1) is 0 Å². The second-order valence-corrected chi connectivity index (χ2v) is 2.32. The van der Waals surface area contributed by atoms with Crippen LogP contribution in [0.2, 0.25) is 0 Å². The zero-order chi connectivity index (χ0) is 9.14. The Balaban J connectivity index is 3.12. The van der Waals surface area contributed by atoms with Gasteiger partial charge in [0.05, 0.1) is 5.57 Å². The minimum absolute atomic E-state index is 0.113. The lowest BCUT2D eigenvalue weighted by atomic mass is 10.1. The van der Waals surface area contributed by atoms with Crippen LogP contribution in [0.25, 0.3) is 0 Å². The van der Waals surface area contributed by atoms with E-state index in [0.29, 0.717) is 0 Å². The van der Waals surface area contributed by atoms with Gasteiger partial charge in [0.2, 0.25) is 0 Å². The zero-order valence-corrected chi connectivity index (χ0v) is 6.19. The van der Waals surface area contributed by atoms with Crippen LogP contribution in [0.3, 0.4) is 0 Å². The lowest BCUT2D eigenvalue weighted by molar-refractivity contribution is -0.132. The number of carbonyl (C=O) groups is 1. The molecule has 0 aromatic rings. The number of aliphatic hydroxyl groups excluding tert-OH is 2. The Kier molecular flexibility index (Phi) is 2.19. The van der Waals surface area contributed by atoms with E-state index in [9.17, 15) is 4.79 Å². The van der Waals surface area contributed by atoms with Crippen LogP contribution in [0.15, 0.2) is 35.3 Å². The Morgan fingerprint density at radius 3 is 2.67 bits per heavy atom. The van der Waals surface area contributed by atoms with Crippen molar-refractivity contribution in [3.8, 4) is 0 Å². The maximum atomic E-state index is 10.5. The predicted molar refractivity (Wildman–Crippen MR) is 41.8 cm³/mol. The van der Waals surface area contributed by atoms with Crippen molar-refractivity contribution in [2.75, 3.05) is 0 Å². The van der Waals surface area contributed by atoms with Crippen molar-refractivity contribution in [2.24, 2.45) is 0 Å². The number of aliphatic hydroxyl groups is 2. The van der Waals surface area contributed by atoms with Gasteiger partial charge in [0.15, 0.2) is 11.5 Å². The first kappa shape index (κ1) is 8.39. The van der Waals surface area contributed by atoms with Gasteiger partial charge in [-0.1, -0.05) is 12.2 Å².